The normalized spacial score (nSPS) is 28.6. The van der Waals surface area contributed by atoms with Gasteiger partial charge in [-0.1, -0.05) is 48.0 Å². The first-order valence-corrected chi connectivity index (χ1v) is 15.2. The van der Waals surface area contributed by atoms with Gasteiger partial charge < -0.3 is 30.1 Å². The number of carbonyl (C=O) groups excluding carboxylic acids is 6. The highest BCUT2D eigenvalue weighted by Crippen LogP contribution is 2.24. The van der Waals surface area contributed by atoms with Crippen molar-refractivity contribution in [1.82, 2.24) is 25.3 Å². The van der Waals surface area contributed by atoms with Crippen LogP contribution in [0.4, 0.5) is 0 Å². The van der Waals surface area contributed by atoms with Crippen LogP contribution in [0, 0.1) is 17.8 Å². The van der Waals surface area contributed by atoms with Crippen molar-refractivity contribution < 1.29 is 33.5 Å². The van der Waals surface area contributed by atoms with Crippen molar-refractivity contribution in [3.05, 3.63) is 0 Å². The van der Waals surface area contributed by atoms with Crippen LogP contribution in [0.2, 0.25) is 0 Å². The summed E-state index contributed by atoms with van der Waals surface area (Å²) in [5.41, 5.74) is 0. The van der Waals surface area contributed by atoms with Crippen molar-refractivity contribution in [1.29, 1.82) is 0 Å². The van der Waals surface area contributed by atoms with Crippen LogP contribution in [0.5, 0.6) is 0 Å². The number of hydrogen-bond acceptors (Lipinski definition) is 7. The quantitative estimate of drug-likeness (QED) is 0.457. The number of ether oxygens (including phenoxy) is 1. The van der Waals surface area contributed by atoms with Gasteiger partial charge in [-0.3, -0.25) is 28.8 Å². The molecule has 2 aliphatic heterocycles. The number of esters is 1. The summed E-state index contributed by atoms with van der Waals surface area (Å²) in [6.07, 6.45) is 0.636. The van der Waals surface area contributed by atoms with E-state index in [0.29, 0.717) is 25.8 Å². The van der Waals surface area contributed by atoms with Gasteiger partial charge in [0.1, 0.15) is 24.2 Å². The summed E-state index contributed by atoms with van der Waals surface area (Å²) in [7, 11) is 3.04. The topological polar surface area (TPSA) is 145 Å². The Hall–Kier alpha value is -3.18. The molecule has 2 saturated heterocycles. The van der Waals surface area contributed by atoms with E-state index in [1.54, 1.807) is 14.0 Å². The lowest BCUT2D eigenvalue weighted by molar-refractivity contribution is -0.162. The van der Waals surface area contributed by atoms with Crippen LogP contribution in [0.15, 0.2) is 0 Å². The molecule has 2 aliphatic rings. The fraction of sp³-hybridized carbons (Fsp3) is 0.800. The van der Waals surface area contributed by atoms with Gasteiger partial charge in [-0.25, -0.2) is 0 Å². The maximum absolute atomic E-state index is 13.9. The SMILES string of the molecule is CC[C@H](C)[C@@H]1NC(=O)[C@H]2CCCN2C(=O)[C@@H](CC(C)C)OC(=O)CCNC(=O)[C@@H](C)N(C)C(=O)[C@@H](C(C)C)N(C)C1=O. The van der Waals surface area contributed by atoms with Gasteiger partial charge in [0.2, 0.25) is 23.6 Å². The molecule has 2 heterocycles. The number of likely N-dealkylation sites (N-methyl/N-ethyl adjacent to an activating group) is 2. The second kappa shape index (κ2) is 15.3. The molecule has 12 nitrogen and oxygen atoms in total. The fourth-order valence-corrected chi connectivity index (χ4v) is 5.53. The van der Waals surface area contributed by atoms with Gasteiger partial charge in [-0.15, -0.1) is 0 Å². The third-order valence-electron chi connectivity index (χ3n) is 8.44. The number of hydrogen-bond donors (Lipinski definition) is 2. The number of nitrogens with zero attached hydrogens (tertiary/aromatic N) is 3. The zero-order valence-electron chi connectivity index (χ0n) is 26.8. The van der Waals surface area contributed by atoms with Crippen LogP contribution in [0.3, 0.4) is 0 Å². The first-order chi connectivity index (χ1) is 19.6. The third-order valence-corrected chi connectivity index (χ3v) is 8.44. The van der Waals surface area contributed by atoms with Gasteiger partial charge in [0, 0.05) is 27.2 Å². The summed E-state index contributed by atoms with van der Waals surface area (Å²) < 4.78 is 5.59. The van der Waals surface area contributed by atoms with E-state index in [9.17, 15) is 28.8 Å². The van der Waals surface area contributed by atoms with Crippen LogP contribution < -0.4 is 10.6 Å². The summed E-state index contributed by atoms with van der Waals surface area (Å²) >= 11 is 0. The molecule has 0 unspecified atom stereocenters. The first kappa shape index (κ1) is 35.0. The highest BCUT2D eigenvalue weighted by atomic mass is 16.5. The van der Waals surface area contributed by atoms with Crippen LogP contribution in [-0.2, 0) is 33.5 Å². The molecule has 5 amide bonds. The fourth-order valence-electron chi connectivity index (χ4n) is 5.53. The average Bonchev–Trinajstić information content (AvgIpc) is 3.42. The van der Waals surface area contributed by atoms with Crippen LogP contribution in [0.1, 0.15) is 80.6 Å². The Morgan fingerprint density at radius 1 is 0.905 bits per heavy atom. The molecular formula is C30H51N5O7. The maximum atomic E-state index is 13.9. The van der Waals surface area contributed by atoms with E-state index in [1.165, 1.54) is 21.7 Å². The molecule has 0 aromatic rings. The minimum Gasteiger partial charge on any atom is -0.452 e. The number of rotatable bonds is 5. The van der Waals surface area contributed by atoms with Crippen molar-refractivity contribution in [2.24, 2.45) is 17.8 Å². The summed E-state index contributed by atoms with van der Waals surface area (Å²) in [5.74, 6) is -3.36. The zero-order chi connectivity index (χ0) is 31.9. The van der Waals surface area contributed by atoms with Crippen molar-refractivity contribution in [3.8, 4) is 0 Å². The molecule has 0 bridgehead atoms. The molecule has 12 heteroatoms. The van der Waals surface area contributed by atoms with Gasteiger partial charge in [-0.05, 0) is 43.9 Å². The van der Waals surface area contributed by atoms with E-state index in [1.807, 2.05) is 41.5 Å². The third kappa shape index (κ3) is 8.44. The lowest BCUT2D eigenvalue weighted by Crippen LogP contribution is -2.60. The number of cyclic esters (lactones) is 1. The van der Waals surface area contributed by atoms with Gasteiger partial charge in [0.05, 0.1) is 6.42 Å². The van der Waals surface area contributed by atoms with E-state index in [0.717, 1.165) is 0 Å². The lowest BCUT2D eigenvalue weighted by Gasteiger charge is -2.38. The Labute approximate surface area is 250 Å². The molecule has 2 rings (SSSR count). The van der Waals surface area contributed by atoms with Crippen molar-refractivity contribution in [2.75, 3.05) is 27.2 Å². The van der Waals surface area contributed by atoms with Gasteiger partial charge in [-0.2, -0.15) is 0 Å². The molecule has 0 aliphatic carbocycles. The molecular weight excluding hydrogens is 542 g/mol. The largest absolute Gasteiger partial charge is 0.452 e. The Kier molecular flexibility index (Phi) is 12.8. The highest BCUT2D eigenvalue weighted by Gasteiger charge is 2.42. The average molecular weight is 594 g/mol. The number of carbonyl (C=O) groups is 6. The summed E-state index contributed by atoms with van der Waals surface area (Å²) in [4.78, 5) is 84.6. The second-order valence-corrected chi connectivity index (χ2v) is 12.5. The van der Waals surface area contributed by atoms with Crippen molar-refractivity contribution >= 4 is 35.5 Å². The maximum Gasteiger partial charge on any atom is 0.308 e. The summed E-state index contributed by atoms with van der Waals surface area (Å²) in [6, 6.07) is -3.52. The monoisotopic (exact) mass is 593 g/mol. The molecule has 0 saturated carbocycles. The van der Waals surface area contributed by atoms with Crippen LogP contribution in [0.25, 0.3) is 0 Å². The Morgan fingerprint density at radius 2 is 1.55 bits per heavy atom. The summed E-state index contributed by atoms with van der Waals surface area (Å²) in [5, 5.41) is 5.57. The van der Waals surface area contributed by atoms with E-state index in [4.69, 9.17) is 4.74 Å². The molecule has 2 N–H and O–H groups in total. The van der Waals surface area contributed by atoms with Crippen LogP contribution >= 0.6 is 0 Å². The Balaban J connectivity index is 2.54. The minimum absolute atomic E-state index is 0.0358. The van der Waals surface area contributed by atoms with Crippen molar-refractivity contribution in [3.63, 3.8) is 0 Å². The van der Waals surface area contributed by atoms with E-state index in [-0.39, 0.29) is 37.1 Å². The zero-order valence-corrected chi connectivity index (χ0v) is 26.8. The van der Waals surface area contributed by atoms with E-state index < -0.39 is 65.8 Å². The molecule has 0 radical (unpaired) electrons. The second-order valence-electron chi connectivity index (χ2n) is 12.5. The van der Waals surface area contributed by atoms with Crippen molar-refractivity contribution in [2.45, 2.75) is 111 Å². The molecule has 0 aromatic heterocycles. The molecule has 238 valence electrons. The van der Waals surface area contributed by atoms with E-state index in [2.05, 4.69) is 10.6 Å². The van der Waals surface area contributed by atoms with E-state index >= 15 is 0 Å². The van der Waals surface area contributed by atoms with Crippen LogP contribution in [-0.4, -0.2) is 108 Å². The molecule has 2 fully saturated rings. The molecule has 6 atom stereocenters. The molecule has 42 heavy (non-hydrogen) atoms. The minimum atomic E-state index is -1.07. The smallest absolute Gasteiger partial charge is 0.308 e. The number of nitrogens with one attached hydrogen (secondary N) is 2. The molecule has 0 aromatic carbocycles. The first-order valence-electron chi connectivity index (χ1n) is 15.2. The molecule has 0 spiro atoms. The number of fused-ring (bicyclic) bond motifs is 1. The predicted molar refractivity (Wildman–Crippen MR) is 157 cm³/mol. The van der Waals surface area contributed by atoms with Gasteiger partial charge in [0.15, 0.2) is 6.10 Å². The standard InChI is InChI=1S/C30H51N5O7/c1-10-19(6)24-29(40)34(9)25(18(4)5)30(41)33(8)20(7)26(37)31-14-13-23(36)42-22(16-17(2)3)28(39)35-15-11-12-21(35)27(38)32-24/h17-22,24-25H,10-16H2,1-9H3,(H,31,37)(H,32,38)/t19-,20+,21+,22+,24-,25+/m0/s1. The van der Waals surface area contributed by atoms with Gasteiger partial charge in [0.25, 0.3) is 5.91 Å². The lowest BCUT2D eigenvalue weighted by atomic mass is 9.94. The number of amides is 5. The van der Waals surface area contributed by atoms with Gasteiger partial charge >= 0.3 is 5.97 Å². The summed E-state index contributed by atoms with van der Waals surface area (Å²) in [6.45, 7) is 13.1. The Bertz CT molecular complexity index is 1020. The Morgan fingerprint density at radius 3 is 2.12 bits per heavy atom. The predicted octanol–water partition coefficient (Wildman–Crippen LogP) is 1.32. The highest BCUT2D eigenvalue weighted by molar-refractivity contribution is 5.96.